The van der Waals surface area contributed by atoms with E-state index in [1.54, 1.807) is 18.2 Å². The van der Waals surface area contributed by atoms with Gasteiger partial charge in [-0.25, -0.2) is 31.8 Å². The first-order valence-corrected chi connectivity index (χ1v) is 13.4. The number of aromatic nitrogens is 5. The smallest absolute Gasteiger partial charge is 0.367 e. The van der Waals surface area contributed by atoms with Crippen LogP contribution in [-0.4, -0.2) is 67.8 Å². The number of methoxy groups -OCH3 is 1. The highest BCUT2D eigenvalue weighted by Crippen LogP contribution is 2.41. The number of hydrogen-bond acceptors (Lipinski definition) is 12. The molecule has 0 atom stereocenters. The van der Waals surface area contributed by atoms with Crippen molar-refractivity contribution in [3.63, 3.8) is 0 Å². The number of aromatic amines is 1. The monoisotopic (exact) mass is 523 g/mol. The summed E-state index contributed by atoms with van der Waals surface area (Å²) in [5.74, 6) is -1.35. The predicted molar refractivity (Wildman–Crippen MR) is 122 cm³/mol. The third-order valence-corrected chi connectivity index (χ3v) is 8.67. The first-order valence-electron chi connectivity index (χ1n) is 9.43. The van der Waals surface area contributed by atoms with E-state index in [1.165, 1.54) is 13.2 Å². The first kappa shape index (κ1) is 23.8. The van der Waals surface area contributed by atoms with Crippen LogP contribution in [-0.2, 0) is 24.6 Å². The molecule has 34 heavy (non-hydrogen) atoms. The van der Waals surface area contributed by atoms with Crippen molar-refractivity contribution in [1.82, 2.24) is 25.6 Å². The summed E-state index contributed by atoms with van der Waals surface area (Å²) in [5, 5.41) is 19.0. The Bertz CT molecular complexity index is 1610. The molecule has 0 spiro atoms. The number of para-hydroxylation sites is 1. The number of H-pyrrole nitrogens is 1. The van der Waals surface area contributed by atoms with Crippen molar-refractivity contribution in [2.75, 3.05) is 19.4 Å². The van der Waals surface area contributed by atoms with E-state index in [9.17, 15) is 21.6 Å². The molecule has 16 heteroatoms. The van der Waals surface area contributed by atoms with Gasteiger partial charge in [-0.2, -0.15) is 5.21 Å². The molecule has 0 fully saturated rings. The predicted octanol–water partition coefficient (Wildman–Crippen LogP) is 0.310. The molecule has 0 amide bonds. The van der Waals surface area contributed by atoms with E-state index in [-0.39, 0.29) is 28.5 Å². The zero-order valence-electron chi connectivity index (χ0n) is 17.4. The van der Waals surface area contributed by atoms with Crippen molar-refractivity contribution >= 4 is 47.4 Å². The maximum absolute atomic E-state index is 12.9. The lowest BCUT2D eigenvalue weighted by molar-refractivity contribution is 0.0600. The van der Waals surface area contributed by atoms with E-state index in [4.69, 9.17) is 15.6 Å². The number of ether oxygens (including phenoxy) is 1. The lowest BCUT2D eigenvalue weighted by atomic mass is 9.98. The number of tetrazole rings is 1. The van der Waals surface area contributed by atoms with Crippen LogP contribution in [0.25, 0.3) is 32.7 Å². The van der Waals surface area contributed by atoms with Gasteiger partial charge in [0.1, 0.15) is 4.90 Å². The highest BCUT2D eigenvalue weighted by atomic mass is 32.2. The van der Waals surface area contributed by atoms with Crippen molar-refractivity contribution in [3.05, 3.63) is 35.3 Å². The number of nitrogens with zero attached hydrogens (tertiary/aromatic N) is 4. The third-order valence-electron chi connectivity index (χ3n) is 4.77. The fourth-order valence-corrected chi connectivity index (χ4v) is 7.08. The van der Waals surface area contributed by atoms with Gasteiger partial charge in [-0.1, -0.05) is 18.2 Å². The van der Waals surface area contributed by atoms with Gasteiger partial charge in [0.15, 0.2) is 9.84 Å². The largest absolute Gasteiger partial charge is 0.464 e. The van der Waals surface area contributed by atoms with E-state index >= 15 is 0 Å². The Balaban J connectivity index is 2.14. The van der Waals surface area contributed by atoms with Crippen molar-refractivity contribution in [2.45, 2.75) is 9.79 Å². The number of thiazole rings is 1. The number of sulfonamides is 1. The van der Waals surface area contributed by atoms with Crippen LogP contribution in [0.5, 0.6) is 0 Å². The first-order chi connectivity index (χ1) is 16.1. The second-order valence-electron chi connectivity index (χ2n) is 6.87. The number of rotatable bonds is 7. The van der Waals surface area contributed by atoms with E-state index in [0.29, 0.717) is 15.8 Å². The zero-order chi connectivity index (χ0) is 24.7. The molecule has 5 N–H and O–H groups in total. The van der Waals surface area contributed by atoms with Crippen molar-refractivity contribution in [1.29, 1.82) is 0 Å². The molecule has 2 aromatic heterocycles. The Labute approximate surface area is 197 Å². The molecule has 0 saturated carbocycles. The fourth-order valence-electron chi connectivity index (χ4n) is 3.41. The number of hydrogen-bond donors (Lipinski definition) is 3. The lowest BCUT2D eigenvalue weighted by Gasteiger charge is -2.16. The van der Waals surface area contributed by atoms with Crippen molar-refractivity contribution in [3.8, 4) is 22.5 Å². The summed E-state index contributed by atoms with van der Waals surface area (Å²) in [6, 6.07) is 7.55. The Hall–Kier alpha value is -3.31. The van der Waals surface area contributed by atoms with Gasteiger partial charge in [-0.3, -0.25) is 0 Å². The zero-order valence-corrected chi connectivity index (χ0v) is 19.9. The summed E-state index contributed by atoms with van der Waals surface area (Å²) in [4.78, 5) is 15.1. The Morgan fingerprint density at radius 3 is 2.53 bits per heavy atom. The van der Waals surface area contributed by atoms with Gasteiger partial charge in [-0.05, 0) is 22.9 Å². The minimum absolute atomic E-state index is 0.0832. The molecule has 2 heterocycles. The molecule has 0 aliphatic rings. The maximum atomic E-state index is 12.9. The number of nitrogens with two attached hydrogens (primary N) is 2. The van der Waals surface area contributed by atoms with Crippen LogP contribution in [0.3, 0.4) is 0 Å². The molecule has 0 aliphatic heterocycles. The van der Waals surface area contributed by atoms with Crippen LogP contribution in [0.1, 0.15) is 9.80 Å². The summed E-state index contributed by atoms with van der Waals surface area (Å²) in [5.41, 5.74) is 6.19. The van der Waals surface area contributed by atoms with Crippen LogP contribution in [0.15, 0.2) is 40.1 Å². The van der Waals surface area contributed by atoms with Crippen molar-refractivity contribution < 1.29 is 26.4 Å². The Morgan fingerprint density at radius 2 is 1.91 bits per heavy atom. The van der Waals surface area contributed by atoms with Crippen LogP contribution in [0, 0.1) is 0 Å². The average molecular weight is 524 g/mol. The van der Waals surface area contributed by atoms with E-state index in [1.807, 2.05) is 0 Å². The maximum Gasteiger partial charge on any atom is 0.367 e. The lowest BCUT2D eigenvalue weighted by Crippen LogP contribution is -2.22. The number of primary sulfonamides is 1. The van der Waals surface area contributed by atoms with E-state index < -0.39 is 41.4 Å². The van der Waals surface area contributed by atoms with Gasteiger partial charge in [0.25, 0.3) is 0 Å². The fraction of sp³-hybridized carbons (Fsp3) is 0.167. The van der Waals surface area contributed by atoms with Gasteiger partial charge in [-0.15, -0.1) is 21.5 Å². The molecule has 4 rings (SSSR count). The molecule has 13 nitrogen and oxygen atoms in total. The van der Waals surface area contributed by atoms with Crippen LogP contribution >= 0.6 is 11.3 Å². The molecule has 178 valence electrons. The number of esters is 1. The standard InChI is InChI=1S/C18H17N7O6S3/c1-31-18(26)17-21-14-10(3-2-4-11(14)32-17)9-5-6-12(33(27,28)8-7-19)15(34(20,29)30)13(9)16-22-24-25-23-16/h2-6H,7-8,19H2,1H3,(H2,20,29,30)(H,22,23,24,25). The van der Waals surface area contributed by atoms with Gasteiger partial charge < -0.3 is 10.5 Å². The highest BCUT2D eigenvalue weighted by Gasteiger charge is 2.32. The quantitative estimate of drug-likeness (QED) is 0.280. The molecular formula is C18H17N7O6S3. The number of sulfone groups is 1. The summed E-state index contributed by atoms with van der Waals surface area (Å²) in [6.07, 6.45) is 0. The number of fused-ring (bicyclic) bond motifs is 1. The second kappa shape index (κ2) is 8.80. The van der Waals surface area contributed by atoms with Gasteiger partial charge in [0, 0.05) is 12.1 Å². The minimum Gasteiger partial charge on any atom is -0.464 e. The minimum atomic E-state index is -4.62. The van der Waals surface area contributed by atoms with E-state index in [2.05, 4.69) is 25.6 Å². The topological polar surface area (TPSA) is 214 Å². The molecule has 0 aliphatic carbocycles. The van der Waals surface area contributed by atoms with Gasteiger partial charge in [0.05, 0.1) is 33.5 Å². The number of nitrogens with one attached hydrogen (secondary N) is 1. The van der Waals surface area contributed by atoms with Crippen molar-refractivity contribution in [2.24, 2.45) is 10.9 Å². The molecule has 0 unspecified atom stereocenters. The van der Waals surface area contributed by atoms with Crippen LogP contribution in [0.4, 0.5) is 0 Å². The molecule has 4 aromatic rings. The summed E-state index contributed by atoms with van der Waals surface area (Å²) in [6.45, 7) is -0.236. The van der Waals surface area contributed by atoms with E-state index in [0.717, 1.165) is 17.4 Å². The van der Waals surface area contributed by atoms with Gasteiger partial charge in [0.2, 0.25) is 20.9 Å². The van der Waals surface area contributed by atoms with Crippen LogP contribution < -0.4 is 10.9 Å². The van der Waals surface area contributed by atoms with Crippen LogP contribution in [0.2, 0.25) is 0 Å². The second-order valence-corrected chi connectivity index (χ2v) is 11.5. The molecular weight excluding hydrogens is 506 g/mol. The third kappa shape index (κ3) is 4.16. The molecule has 0 bridgehead atoms. The summed E-state index contributed by atoms with van der Waals surface area (Å²) in [7, 11) is -7.53. The highest BCUT2D eigenvalue weighted by molar-refractivity contribution is 7.93. The number of carbonyl (C=O) groups is 1. The molecule has 0 saturated heterocycles. The molecule has 2 aromatic carbocycles. The number of carbonyl (C=O) groups excluding carboxylic acids is 1. The van der Waals surface area contributed by atoms with Gasteiger partial charge >= 0.3 is 5.97 Å². The SMILES string of the molecule is COC(=O)c1nc2c(-c3ccc(S(=O)(=O)CCN)c(S(N)(=O)=O)c3-c3nn[nH]n3)cccc2s1. The summed E-state index contributed by atoms with van der Waals surface area (Å²) < 4.78 is 56.5. The number of benzene rings is 2. The summed E-state index contributed by atoms with van der Waals surface area (Å²) >= 11 is 1.08. The molecule has 0 radical (unpaired) electrons. The Kier molecular flexibility index (Phi) is 6.17. The average Bonchev–Trinajstić information content (AvgIpc) is 3.46. The Morgan fingerprint density at radius 1 is 1.15 bits per heavy atom. The normalized spacial score (nSPS) is 12.2.